The third-order valence-electron chi connectivity index (χ3n) is 0.908. The van der Waals surface area contributed by atoms with Gasteiger partial charge in [-0.15, -0.1) is 0 Å². The Morgan fingerprint density at radius 1 is 1.88 bits per heavy atom. The van der Waals surface area contributed by atoms with E-state index in [1.54, 1.807) is 0 Å². The van der Waals surface area contributed by atoms with Crippen LogP contribution in [0.25, 0.3) is 0 Å². The fourth-order valence-electron chi connectivity index (χ4n) is 0.377. The molecule has 0 aromatic rings. The monoisotopic (exact) mass is 133 g/mol. The normalized spacial score (nSPS) is 13.2. The summed E-state index contributed by atoms with van der Waals surface area (Å²) < 4.78 is 0. The van der Waals surface area contributed by atoms with E-state index in [0.717, 1.165) is 6.42 Å². The predicted octanol–water partition coefficient (Wildman–Crippen LogP) is 0.434. The SMILES string of the molecule is CCC(O)CC(N)=S. The van der Waals surface area contributed by atoms with Crippen LogP contribution in [0.5, 0.6) is 0 Å². The Morgan fingerprint density at radius 3 is 2.50 bits per heavy atom. The highest BCUT2D eigenvalue weighted by Crippen LogP contribution is 1.94. The fourth-order valence-corrected chi connectivity index (χ4v) is 0.569. The van der Waals surface area contributed by atoms with Crippen LogP contribution >= 0.6 is 12.2 Å². The molecule has 1 unspecified atom stereocenters. The van der Waals surface area contributed by atoms with Crippen molar-refractivity contribution in [1.82, 2.24) is 0 Å². The summed E-state index contributed by atoms with van der Waals surface area (Å²) in [7, 11) is 0. The molecule has 48 valence electrons. The van der Waals surface area contributed by atoms with Crippen molar-refractivity contribution in [1.29, 1.82) is 0 Å². The number of aliphatic hydroxyl groups excluding tert-OH is 1. The molecule has 0 aliphatic rings. The molecule has 3 N–H and O–H groups in total. The number of hydrogen-bond donors (Lipinski definition) is 2. The lowest BCUT2D eigenvalue weighted by Gasteiger charge is -2.03. The molecule has 0 heterocycles. The van der Waals surface area contributed by atoms with Crippen molar-refractivity contribution in [3.8, 4) is 0 Å². The van der Waals surface area contributed by atoms with Crippen LogP contribution in [0.4, 0.5) is 0 Å². The van der Waals surface area contributed by atoms with Crippen LogP contribution in [-0.2, 0) is 0 Å². The summed E-state index contributed by atoms with van der Waals surface area (Å²) in [5.41, 5.74) is 5.14. The van der Waals surface area contributed by atoms with Gasteiger partial charge in [0.05, 0.1) is 11.1 Å². The van der Waals surface area contributed by atoms with E-state index in [-0.39, 0.29) is 6.10 Å². The zero-order valence-corrected chi connectivity index (χ0v) is 5.74. The van der Waals surface area contributed by atoms with E-state index >= 15 is 0 Å². The third-order valence-corrected chi connectivity index (χ3v) is 1.07. The average molecular weight is 133 g/mol. The lowest BCUT2D eigenvalue weighted by molar-refractivity contribution is 0.178. The first-order chi connectivity index (χ1) is 3.66. The molecule has 0 amide bonds. The van der Waals surface area contributed by atoms with Gasteiger partial charge in [-0.25, -0.2) is 0 Å². The number of hydrogen-bond acceptors (Lipinski definition) is 2. The Labute approximate surface area is 54.7 Å². The third kappa shape index (κ3) is 4.02. The molecule has 0 aromatic heterocycles. The van der Waals surface area contributed by atoms with Crippen LogP contribution in [0.1, 0.15) is 19.8 Å². The van der Waals surface area contributed by atoms with Crippen LogP contribution in [0, 0.1) is 0 Å². The second kappa shape index (κ2) is 3.80. The Bertz CT molecular complexity index is 84.5. The van der Waals surface area contributed by atoms with Gasteiger partial charge in [0.1, 0.15) is 0 Å². The topological polar surface area (TPSA) is 46.2 Å². The lowest BCUT2D eigenvalue weighted by atomic mass is 10.2. The van der Waals surface area contributed by atoms with E-state index in [2.05, 4.69) is 12.2 Å². The minimum absolute atomic E-state index is 0.340. The zero-order chi connectivity index (χ0) is 6.57. The molecule has 1 atom stereocenters. The summed E-state index contributed by atoms with van der Waals surface area (Å²) in [6, 6.07) is 0. The smallest absolute Gasteiger partial charge is 0.0753 e. The van der Waals surface area contributed by atoms with Gasteiger partial charge < -0.3 is 10.8 Å². The summed E-state index contributed by atoms with van der Waals surface area (Å²) in [6.45, 7) is 1.89. The Kier molecular flexibility index (Phi) is 3.73. The number of rotatable bonds is 3. The molecule has 0 aromatic carbocycles. The number of thiocarbonyl (C=S) groups is 1. The highest BCUT2D eigenvalue weighted by atomic mass is 32.1. The van der Waals surface area contributed by atoms with Crippen molar-refractivity contribution in [2.75, 3.05) is 0 Å². The molecule has 0 saturated heterocycles. The molecule has 0 saturated carbocycles. The molecular weight excluding hydrogens is 122 g/mol. The zero-order valence-electron chi connectivity index (χ0n) is 4.92. The Balaban J connectivity index is 3.24. The van der Waals surface area contributed by atoms with Crippen molar-refractivity contribution in [2.24, 2.45) is 5.73 Å². The number of nitrogens with two attached hydrogens (primary N) is 1. The first-order valence-electron chi connectivity index (χ1n) is 2.63. The van der Waals surface area contributed by atoms with Gasteiger partial charge in [-0.1, -0.05) is 19.1 Å². The van der Waals surface area contributed by atoms with Gasteiger partial charge in [0.2, 0.25) is 0 Å². The van der Waals surface area contributed by atoms with E-state index < -0.39 is 0 Å². The van der Waals surface area contributed by atoms with Crippen LogP contribution in [0.15, 0.2) is 0 Å². The molecule has 0 fully saturated rings. The maximum atomic E-state index is 8.86. The summed E-state index contributed by atoms with van der Waals surface area (Å²) in [5.74, 6) is 0. The highest BCUT2D eigenvalue weighted by Gasteiger charge is 1.99. The van der Waals surface area contributed by atoms with Crippen molar-refractivity contribution < 1.29 is 5.11 Å². The van der Waals surface area contributed by atoms with Gasteiger partial charge in [0.15, 0.2) is 0 Å². The summed E-state index contributed by atoms with van der Waals surface area (Å²) in [5, 5.41) is 8.86. The van der Waals surface area contributed by atoms with Crippen molar-refractivity contribution in [2.45, 2.75) is 25.9 Å². The van der Waals surface area contributed by atoms with Crippen molar-refractivity contribution in [3.63, 3.8) is 0 Å². The van der Waals surface area contributed by atoms with E-state index in [4.69, 9.17) is 10.8 Å². The number of aliphatic hydroxyl groups is 1. The molecule has 0 radical (unpaired) electrons. The fraction of sp³-hybridized carbons (Fsp3) is 0.800. The maximum absolute atomic E-state index is 8.86. The molecule has 3 heteroatoms. The molecule has 8 heavy (non-hydrogen) atoms. The van der Waals surface area contributed by atoms with Crippen LogP contribution < -0.4 is 5.73 Å². The van der Waals surface area contributed by atoms with Gasteiger partial charge in [0.25, 0.3) is 0 Å². The molecule has 0 aliphatic heterocycles. The molecule has 0 aliphatic carbocycles. The van der Waals surface area contributed by atoms with E-state index in [1.807, 2.05) is 6.92 Å². The second-order valence-electron chi connectivity index (χ2n) is 1.73. The van der Waals surface area contributed by atoms with E-state index in [0.29, 0.717) is 11.4 Å². The average Bonchev–Trinajstić information content (AvgIpc) is 1.65. The molecule has 0 spiro atoms. The molecule has 2 nitrogen and oxygen atoms in total. The summed E-state index contributed by atoms with van der Waals surface area (Å²) >= 11 is 4.56. The molecule has 0 bridgehead atoms. The van der Waals surface area contributed by atoms with E-state index in [1.165, 1.54) is 0 Å². The second-order valence-corrected chi connectivity index (χ2v) is 2.26. The standard InChI is InChI=1S/C5H11NOS/c1-2-4(7)3-5(6)8/h4,7H,2-3H2,1H3,(H2,6,8). The van der Waals surface area contributed by atoms with Gasteiger partial charge >= 0.3 is 0 Å². The minimum atomic E-state index is -0.340. The van der Waals surface area contributed by atoms with Crippen molar-refractivity contribution >= 4 is 17.2 Å². The van der Waals surface area contributed by atoms with Gasteiger partial charge in [0, 0.05) is 6.42 Å². The first-order valence-corrected chi connectivity index (χ1v) is 3.04. The highest BCUT2D eigenvalue weighted by molar-refractivity contribution is 7.80. The van der Waals surface area contributed by atoms with Gasteiger partial charge in [-0.3, -0.25) is 0 Å². The molecular formula is C5H11NOS. The Hall–Kier alpha value is -0.150. The Morgan fingerprint density at radius 2 is 2.38 bits per heavy atom. The van der Waals surface area contributed by atoms with Crippen LogP contribution in [-0.4, -0.2) is 16.2 Å². The first kappa shape index (κ1) is 7.85. The quantitative estimate of drug-likeness (QED) is 0.549. The van der Waals surface area contributed by atoms with Crippen molar-refractivity contribution in [3.05, 3.63) is 0 Å². The van der Waals surface area contributed by atoms with Gasteiger partial charge in [-0.2, -0.15) is 0 Å². The van der Waals surface area contributed by atoms with Crippen LogP contribution in [0.2, 0.25) is 0 Å². The van der Waals surface area contributed by atoms with Gasteiger partial charge in [-0.05, 0) is 6.42 Å². The minimum Gasteiger partial charge on any atom is -0.393 e. The van der Waals surface area contributed by atoms with Crippen LogP contribution in [0.3, 0.4) is 0 Å². The summed E-state index contributed by atoms with van der Waals surface area (Å²) in [6.07, 6.45) is 0.830. The maximum Gasteiger partial charge on any atom is 0.0753 e. The van der Waals surface area contributed by atoms with E-state index in [9.17, 15) is 0 Å². The lowest BCUT2D eigenvalue weighted by Crippen LogP contribution is -2.16. The predicted molar refractivity (Wildman–Crippen MR) is 37.7 cm³/mol. The molecule has 0 rings (SSSR count). The summed E-state index contributed by atoms with van der Waals surface area (Å²) in [4.78, 5) is 0.388. The largest absolute Gasteiger partial charge is 0.393 e.